The molecule has 2 rings (SSSR count). The van der Waals surface area contributed by atoms with Crippen LogP contribution in [0.2, 0.25) is 0 Å². The normalized spacial score (nSPS) is 20.5. The molecule has 0 bridgehead atoms. The highest BCUT2D eigenvalue weighted by atomic mass is 16.5. The molecule has 1 aromatic rings. The SMILES string of the molecule is Cc1ccc(N)cc1NCC1CCCO1. The van der Waals surface area contributed by atoms with Gasteiger partial charge in [0.25, 0.3) is 0 Å². The number of nitrogens with two attached hydrogens (primary N) is 1. The van der Waals surface area contributed by atoms with E-state index < -0.39 is 0 Å². The number of hydrogen-bond donors (Lipinski definition) is 2. The van der Waals surface area contributed by atoms with Gasteiger partial charge in [-0.2, -0.15) is 0 Å². The molecular weight excluding hydrogens is 188 g/mol. The van der Waals surface area contributed by atoms with Crippen molar-refractivity contribution < 1.29 is 4.74 Å². The second-order valence-corrected chi connectivity index (χ2v) is 4.09. The molecule has 15 heavy (non-hydrogen) atoms. The Morgan fingerprint density at radius 2 is 2.40 bits per heavy atom. The first kappa shape index (κ1) is 10.3. The topological polar surface area (TPSA) is 47.3 Å². The lowest BCUT2D eigenvalue weighted by molar-refractivity contribution is 0.120. The summed E-state index contributed by atoms with van der Waals surface area (Å²) in [5.41, 5.74) is 8.88. The van der Waals surface area contributed by atoms with Crippen LogP contribution < -0.4 is 11.1 Å². The Balaban J connectivity index is 1.94. The molecule has 3 heteroatoms. The van der Waals surface area contributed by atoms with Crippen LogP contribution in [0.15, 0.2) is 18.2 Å². The minimum absolute atomic E-state index is 0.367. The van der Waals surface area contributed by atoms with Gasteiger partial charge < -0.3 is 15.8 Å². The van der Waals surface area contributed by atoms with Crippen LogP contribution in [-0.4, -0.2) is 19.3 Å². The highest BCUT2D eigenvalue weighted by molar-refractivity contribution is 5.59. The molecular formula is C12H18N2O. The third-order valence-corrected chi connectivity index (χ3v) is 2.81. The van der Waals surface area contributed by atoms with Gasteiger partial charge in [0, 0.05) is 24.5 Å². The highest BCUT2D eigenvalue weighted by Gasteiger charge is 2.14. The predicted molar refractivity (Wildman–Crippen MR) is 63.1 cm³/mol. The molecule has 82 valence electrons. The molecule has 1 aromatic carbocycles. The monoisotopic (exact) mass is 206 g/mol. The Hall–Kier alpha value is -1.22. The second-order valence-electron chi connectivity index (χ2n) is 4.09. The molecule has 1 aliphatic heterocycles. The van der Waals surface area contributed by atoms with Crippen LogP contribution in [0, 0.1) is 6.92 Å². The minimum atomic E-state index is 0.367. The second kappa shape index (κ2) is 4.53. The summed E-state index contributed by atoms with van der Waals surface area (Å²) >= 11 is 0. The fourth-order valence-corrected chi connectivity index (χ4v) is 1.86. The van der Waals surface area contributed by atoms with Crippen molar-refractivity contribution in [2.24, 2.45) is 0 Å². The summed E-state index contributed by atoms with van der Waals surface area (Å²) in [6, 6.07) is 5.93. The summed E-state index contributed by atoms with van der Waals surface area (Å²) in [6.07, 6.45) is 2.71. The lowest BCUT2D eigenvalue weighted by atomic mass is 10.1. The van der Waals surface area contributed by atoms with Gasteiger partial charge in [-0.25, -0.2) is 0 Å². The Labute approximate surface area is 90.6 Å². The van der Waals surface area contributed by atoms with E-state index in [1.54, 1.807) is 0 Å². The minimum Gasteiger partial charge on any atom is -0.399 e. The van der Waals surface area contributed by atoms with Crippen molar-refractivity contribution in [3.63, 3.8) is 0 Å². The van der Waals surface area contributed by atoms with Crippen LogP contribution in [0.5, 0.6) is 0 Å². The maximum absolute atomic E-state index is 5.74. The van der Waals surface area contributed by atoms with E-state index in [0.717, 1.165) is 30.9 Å². The lowest BCUT2D eigenvalue weighted by Gasteiger charge is -2.14. The van der Waals surface area contributed by atoms with Crippen molar-refractivity contribution in [2.75, 3.05) is 24.2 Å². The van der Waals surface area contributed by atoms with Gasteiger partial charge >= 0.3 is 0 Å². The summed E-state index contributed by atoms with van der Waals surface area (Å²) in [7, 11) is 0. The van der Waals surface area contributed by atoms with Gasteiger partial charge in [-0.3, -0.25) is 0 Å². The quantitative estimate of drug-likeness (QED) is 0.745. The molecule has 0 radical (unpaired) electrons. The van der Waals surface area contributed by atoms with Gasteiger partial charge in [-0.15, -0.1) is 0 Å². The summed E-state index contributed by atoms with van der Waals surface area (Å²) < 4.78 is 5.55. The third-order valence-electron chi connectivity index (χ3n) is 2.81. The van der Waals surface area contributed by atoms with Crippen LogP contribution in [0.25, 0.3) is 0 Å². The average molecular weight is 206 g/mol. The van der Waals surface area contributed by atoms with Crippen LogP contribution in [-0.2, 0) is 4.74 Å². The van der Waals surface area contributed by atoms with E-state index >= 15 is 0 Å². The van der Waals surface area contributed by atoms with Gasteiger partial charge in [0.15, 0.2) is 0 Å². The molecule has 1 fully saturated rings. The molecule has 1 saturated heterocycles. The van der Waals surface area contributed by atoms with Crippen molar-refractivity contribution in [3.8, 4) is 0 Å². The predicted octanol–water partition coefficient (Wildman–Crippen LogP) is 2.17. The van der Waals surface area contributed by atoms with E-state index in [-0.39, 0.29) is 0 Å². The molecule has 0 amide bonds. The number of ether oxygens (including phenoxy) is 1. The first-order valence-electron chi connectivity index (χ1n) is 5.47. The molecule has 0 aliphatic carbocycles. The van der Waals surface area contributed by atoms with Crippen molar-refractivity contribution in [2.45, 2.75) is 25.9 Å². The Morgan fingerprint density at radius 3 is 3.13 bits per heavy atom. The zero-order valence-electron chi connectivity index (χ0n) is 9.12. The molecule has 0 aromatic heterocycles. The summed E-state index contributed by atoms with van der Waals surface area (Å²) in [5, 5.41) is 3.39. The molecule has 0 saturated carbocycles. The van der Waals surface area contributed by atoms with Crippen molar-refractivity contribution in [1.29, 1.82) is 0 Å². The number of benzene rings is 1. The zero-order valence-corrected chi connectivity index (χ0v) is 9.12. The fourth-order valence-electron chi connectivity index (χ4n) is 1.86. The van der Waals surface area contributed by atoms with Gasteiger partial charge in [0.1, 0.15) is 0 Å². The molecule has 1 aliphatic rings. The number of rotatable bonds is 3. The Morgan fingerprint density at radius 1 is 1.53 bits per heavy atom. The van der Waals surface area contributed by atoms with E-state index in [2.05, 4.69) is 12.2 Å². The van der Waals surface area contributed by atoms with Crippen molar-refractivity contribution in [1.82, 2.24) is 0 Å². The van der Waals surface area contributed by atoms with E-state index in [1.165, 1.54) is 12.0 Å². The van der Waals surface area contributed by atoms with Crippen LogP contribution in [0.3, 0.4) is 0 Å². The fraction of sp³-hybridized carbons (Fsp3) is 0.500. The Kier molecular flexibility index (Phi) is 3.11. The average Bonchev–Trinajstić information content (AvgIpc) is 2.72. The van der Waals surface area contributed by atoms with Crippen molar-refractivity contribution in [3.05, 3.63) is 23.8 Å². The molecule has 1 heterocycles. The maximum Gasteiger partial charge on any atom is 0.0748 e. The molecule has 3 nitrogen and oxygen atoms in total. The molecule has 1 unspecified atom stereocenters. The van der Waals surface area contributed by atoms with E-state index in [0.29, 0.717) is 6.10 Å². The first-order chi connectivity index (χ1) is 7.25. The third kappa shape index (κ3) is 2.63. The van der Waals surface area contributed by atoms with Crippen LogP contribution >= 0.6 is 0 Å². The van der Waals surface area contributed by atoms with Gasteiger partial charge in [-0.1, -0.05) is 6.07 Å². The Bertz CT molecular complexity index is 332. The van der Waals surface area contributed by atoms with Gasteiger partial charge in [0.05, 0.1) is 6.10 Å². The first-order valence-corrected chi connectivity index (χ1v) is 5.47. The largest absolute Gasteiger partial charge is 0.399 e. The van der Waals surface area contributed by atoms with Gasteiger partial charge in [0.2, 0.25) is 0 Å². The lowest BCUT2D eigenvalue weighted by Crippen LogP contribution is -2.18. The number of nitrogens with one attached hydrogen (secondary N) is 1. The molecule has 0 spiro atoms. The summed E-state index contributed by atoms with van der Waals surface area (Å²) in [6.45, 7) is 3.86. The maximum atomic E-state index is 5.74. The molecule has 1 atom stereocenters. The van der Waals surface area contributed by atoms with E-state index in [4.69, 9.17) is 10.5 Å². The van der Waals surface area contributed by atoms with E-state index in [1.807, 2.05) is 18.2 Å². The highest BCUT2D eigenvalue weighted by Crippen LogP contribution is 2.19. The van der Waals surface area contributed by atoms with Gasteiger partial charge in [-0.05, 0) is 37.5 Å². The zero-order chi connectivity index (χ0) is 10.7. The number of nitrogen functional groups attached to an aromatic ring is 1. The van der Waals surface area contributed by atoms with E-state index in [9.17, 15) is 0 Å². The van der Waals surface area contributed by atoms with Crippen LogP contribution in [0.1, 0.15) is 18.4 Å². The van der Waals surface area contributed by atoms with Crippen LogP contribution in [0.4, 0.5) is 11.4 Å². The number of aryl methyl sites for hydroxylation is 1. The summed E-state index contributed by atoms with van der Waals surface area (Å²) in [4.78, 5) is 0. The number of anilines is 2. The standard InChI is InChI=1S/C12H18N2O/c1-9-4-5-10(13)7-12(9)14-8-11-3-2-6-15-11/h4-5,7,11,14H,2-3,6,8,13H2,1H3. The number of hydrogen-bond acceptors (Lipinski definition) is 3. The molecule has 3 N–H and O–H groups in total. The smallest absolute Gasteiger partial charge is 0.0748 e. The summed E-state index contributed by atoms with van der Waals surface area (Å²) in [5.74, 6) is 0. The van der Waals surface area contributed by atoms with Crippen molar-refractivity contribution >= 4 is 11.4 Å².